The summed E-state index contributed by atoms with van der Waals surface area (Å²) in [5.41, 5.74) is 3.56. The van der Waals surface area contributed by atoms with Crippen LogP contribution in [-0.4, -0.2) is 10.9 Å². The molecule has 2 heterocycles. The van der Waals surface area contributed by atoms with E-state index in [1.165, 1.54) is 13.0 Å². The largest absolute Gasteiger partial charge is 0.423 e. The molecule has 2 aromatic heterocycles. The lowest BCUT2D eigenvalue weighted by atomic mass is 10.1. The van der Waals surface area contributed by atoms with Crippen molar-refractivity contribution in [2.75, 3.05) is 5.32 Å². The minimum Gasteiger partial charge on any atom is -0.423 e. The number of carbonyl (C=O) groups excluding carboxylic acids is 1. The summed E-state index contributed by atoms with van der Waals surface area (Å²) >= 11 is 3.17. The van der Waals surface area contributed by atoms with E-state index in [0.717, 1.165) is 26.5 Å². The Bertz CT molecular complexity index is 1200. The van der Waals surface area contributed by atoms with Gasteiger partial charge in [0.15, 0.2) is 4.34 Å². The van der Waals surface area contributed by atoms with E-state index in [1.807, 2.05) is 41.8 Å². The summed E-state index contributed by atoms with van der Waals surface area (Å²) in [5, 5.41) is 5.58. The third-order valence-corrected chi connectivity index (χ3v) is 6.12. The Balaban J connectivity index is 1.57. The van der Waals surface area contributed by atoms with Crippen molar-refractivity contribution in [3.05, 3.63) is 76.0 Å². The van der Waals surface area contributed by atoms with Crippen LogP contribution in [0.4, 0.5) is 5.69 Å². The highest BCUT2D eigenvalue weighted by molar-refractivity contribution is 8.00. The summed E-state index contributed by atoms with van der Waals surface area (Å²) in [6.07, 6.45) is 0. The van der Waals surface area contributed by atoms with Crippen LogP contribution in [0.15, 0.2) is 73.5 Å². The highest BCUT2D eigenvalue weighted by atomic mass is 32.2. The Kier molecular flexibility index (Phi) is 5.27. The molecule has 0 aliphatic carbocycles. The Labute approximate surface area is 169 Å². The summed E-state index contributed by atoms with van der Waals surface area (Å²) < 4.78 is 6.25. The van der Waals surface area contributed by atoms with Gasteiger partial charge in [-0.05, 0) is 17.7 Å². The Hall–Kier alpha value is -2.90. The van der Waals surface area contributed by atoms with E-state index in [4.69, 9.17) is 4.42 Å². The predicted octanol–water partition coefficient (Wildman–Crippen LogP) is 5.17. The number of nitrogens with one attached hydrogen (secondary N) is 1. The third kappa shape index (κ3) is 4.16. The van der Waals surface area contributed by atoms with E-state index in [1.54, 1.807) is 35.2 Å². The Morgan fingerprint density at radius 1 is 1.18 bits per heavy atom. The number of anilines is 1. The molecule has 0 aliphatic rings. The van der Waals surface area contributed by atoms with Crippen molar-refractivity contribution in [3.63, 3.8) is 0 Å². The quantitative estimate of drug-likeness (QED) is 0.364. The van der Waals surface area contributed by atoms with Gasteiger partial charge in [0.05, 0.1) is 5.69 Å². The number of nitrogens with zero attached hydrogens (tertiary/aromatic N) is 1. The van der Waals surface area contributed by atoms with Crippen molar-refractivity contribution in [2.45, 2.75) is 17.0 Å². The molecule has 5 nitrogen and oxygen atoms in total. The van der Waals surface area contributed by atoms with Gasteiger partial charge in [0.1, 0.15) is 5.58 Å². The van der Waals surface area contributed by atoms with Crippen LogP contribution in [0.25, 0.3) is 22.2 Å². The van der Waals surface area contributed by atoms with Crippen LogP contribution in [0, 0.1) is 0 Å². The topological polar surface area (TPSA) is 72.2 Å². The van der Waals surface area contributed by atoms with Gasteiger partial charge in [-0.15, -0.1) is 11.3 Å². The SMILES string of the molecule is CC(=O)Nc1ccc2c(CSc3nc(-c4ccccc4)cs3)cc(=O)oc2c1. The van der Waals surface area contributed by atoms with E-state index in [-0.39, 0.29) is 5.91 Å². The van der Waals surface area contributed by atoms with E-state index < -0.39 is 5.63 Å². The van der Waals surface area contributed by atoms with Crippen LogP contribution >= 0.6 is 23.1 Å². The van der Waals surface area contributed by atoms with Crippen molar-refractivity contribution in [2.24, 2.45) is 0 Å². The molecule has 0 bridgehead atoms. The van der Waals surface area contributed by atoms with Gasteiger partial charge < -0.3 is 9.73 Å². The normalized spacial score (nSPS) is 10.9. The second-order valence-electron chi connectivity index (χ2n) is 6.14. The molecule has 1 N–H and O–H groups in total. The standard InChI is InChI=1S/C21H16N2O3S2/c1-13(24)22-16-7-8-17-15(9-20(25)26-19(17)10-16)11-27-21-23-18(12-28-21)14-5-3-2-4-6-14/h2-10,12H,11H2,1H3,(H,22,24). The van der Waals surface area contributed by atoms with Gasteiger partial charge >= 0.3 is 5.63 Å². The molecule has 0 saturated heterocycles. The number of rotatable bonds is 5. The molecule has 0 radical (unpaired) electrons. The average molecular weight is 409 g/mol. The van der Waals surface area contributed by atoms with Gasteiger partial charge in [-0.2, -0.15) is 0 Å². The zero-order valence-corrected chi connectivity index (χ0v) is 16.6. The molecule has 0 spiro atoms. The maximum Gasteiger partial charge on any atom is 0.336 e. The molecule has 0 fully saturated rings. The summed E-state index contributed by atoms with van der Waals surface area (Å²) in [4.78, 5) is 27.9. The molecule has 4 aromatic rings. The molecular formula is C21H16N2O3S2. The molecule has 140 valence electrons. The lowest BCUT2D eigenvalue weighted by Crippen LogP contribution is -2.06. The monoisotopic (exact) mass is 408 g/mol. The molecule has 1 amide bonds. The van der Waals surface area contributed by atoms with Gasteiger partial charge in [0.25, 0.3) is 0 Å². The van der Waals surface area contributed by atoms with Crippen LogP contribution < -0.4 is 10.9 Å². The average Bonchev–Trinajstić information content (AvgIpc) is 3.15. The molecule has 0 aliphatic heterocycles. The van der Waals surface area contributed by atoms with Gasteiger partial charge in [-0.3, -0.25) is 4.79 Å². The van der Waals surface area contributed by atoms with Crippen molar-refractivity contribution < 1.29 is 9.21 Å². The maximum absolute atomic E-state index is 12.0. The van der Waals surface area contributed by atoms with Gasteiger partial charge in [-0.1, -0.05) is 42.1 Å². The molecule has 2 aromatic carbocycles. The molecule has 28 heavy (non-hydrogen) atoms. The van der Waals surface area contributed by atoms with E-state index >= 15 is 0 Å². The fourth-order valence-electron chi connectivity index (χ4n) is 2.83. The third-order valence-electron chi connectivity index (χ3n) is 4.05. The minimum atomic E-state index is -0.410. The first-order valence-corrected chi connectivity index (χ1v) is 10.4. The highest BCUT2D eigenvalue weighted by Gasteiger charge is 2.10. The van der Waals surface area contributed by atoms with Crippen LogP contribution in [0.1, 0.15) is 12.5 Å². The molecular weight excluding hydrogens is 392 g/mol. The maximum atomic E-state index is 12.0. The first-order valence-electron chi connectivity index (χ1n) is 8.56. The smallest absolute Gasteiger partial charge is 0.336 e. The van der Waals surface area contributed by atoms with E-state index in [2.05, 4.69) is 10.3 Å². The summed E-state index contributed by atoms with van der Waals surface area (Å²) in [5.74, 6) is 0.426. The zero-order chi connectivity index (χ0) is 19.5. The first-order chi connectivity index (χ1) is 13.6. The molecule has 4 rings (SSSR count). The number of fused-ring (bicyclic) bond motifs is 1. The summed E-state index contributed by atoms with van der Waals surface area (Å²) in [6, 6.07) is 16.9. The number of amides is 1. The van der Waals surface area contributed by atoms with Crippen LogP contribution in [0.3, 0.4) is 0 Å². The number of aromatic nitrogens is 1. The first kappa shape index (κ1) is 18.5. The number of carbonyl (C=O) groups is 1. The lowest BCUT2D eigenvalue weighted by molar-refractivity contribution is -0.114. The molecule has 0 saturated carbocycles. The highest BCUT2D eigenvalue weighted by Crippen LogP contribution is 2.32. The number of benzene rings is 2. The fourth-order valence-corrected chi connectivity index (χ4v) is 4.66. The molecule has 0 unspecified atom stereocenters. The number of hydrogen-bond acceptors (Lipinski definition) is 6. The Morgan fingerprint density at radius 2 is 2.00 bits per heavy atom. The van der Waals surface area contributed by atoms with Crippen LogP contribution in [0.2, 0.25) is 0 Å². The number of thiazole rings is 1. The van der Waals surface area contributed by atoms with Crippen molar-refractivity contribution in [1.29, 1.82) is 0 Å². The second kappa shape index (κ2) is 8.00. The summed E-state index contributed by atoms with van der Waals surface area (Å²) in [6.45, 7) is 1.44. The number of hydrogen-bond donors (Lipinski definition) is 1. The van der Waals surface area contributed by atoms with Crippen LogP contribution in [0.5, 0.6) is 0 Å². The predicted molar refractivity (Wildman–Crippen MR) is 114 cm³/mol. The Morgan fingerprint density at radius 3 is 2.79 bits per heavy atom. The van der Waals surface area contributed by atoms with Crippen molar-refractivity contribution in [1.82, 2.24) is 4.98 Å². The van der Waals surface area contributed by atoms with E-state index in [0.29, 0.717) is 17.0 Å². The van der Waals surface area contributed by atoms with Gasteiger partial charge in [0.2, 0.25) is 5.91 Å². The molecule has 0 atom stereocenters. The molecule has 7 heteroatoms. The lowest BCUT2D eigenvalue weighted by Gasteiger charge is -2.07. The summed E-state index contributed by atoms with van der Waals surface area (Å²) in [7, 11) is 0. The fraction of sp³-hybridized carbons (Fsp3) is 0.0952. The van der Waals surface area contributed by atoms with Crippen LogP contribution in [-0.2, 0) is 10.5 Å². The van der Waals surface area contributed by atoms with Gasteiger partial charge in [-0.25, -0.2) is 9.78 Å². The van der Waals surface area contributed by atoms with E-state index in [9.17, 15) is 9.59 Å². The van der Waals surface area contributed by atoms with Crippen molar-refractivity contribution >= 4 is 45.7 Å². The second-order valence-corrected chi connectivity index (χ2v) is 8.22. The van der Waals surface area contributed by atoms with Crippen molar-refractivity contribution in [3.8, 4) is 11.3 Å². The number of thioether (sulfide) groups is 1. The minimum absolute atomic E-state index is 0.175. The van der Waals surface area contributed by atoms with Gasteiger partial charge in [0, 0.05) is 46.8 Å². The zero-order valence-electron chi connectivity index (χ0n) is 15.0.